The van der Waals surface area contributed by atoms with Gasteiger partial charge in [-0.05, 0) is 14.0 Å². The van der Waals surface area contributed by atoms with E-state index in [2.05, 4.69) is 28.8 Å². The second kappa shape index (κ2) is 4.68. The fourth-order valence-corrected chi connectivity index (χ4v) is 3.10. The fraction of sp³-hybridized carbons (Fsp3) is 0.700. The van der Waals surface area contributed by atoms with Gasteiger partial charge in [-0.25, -0.2) is 4.98 Å². The van der Waals surface area contributed by atoms with Crippen molar-refractivity contribution in [3.8, 4) is 0 Å². The summed E-state index contributed by atoms with van der Waals surface area (Å²) in [5, 5.41) is 3.17. The summed E-state index contributed by atoms with van der Waals surface area (Å²) in [6, 6.07) is 0.540. The molecule has 5 heteroatoms. The quantitative estimate of drug-likeness (QED) is 0.744. The third-order valence-electron chi connectivity index (χ3n) is 2.75. The molecule has 0 bridgehead atoms. The molecule has 0 aromatic carbocycles. The number of hydrogen-bond acceptors (Lipinski definition) is 4. The Morgan fingerprint density at radius 1 is 1.60 bits per heavy atom. The maximum absolute atomic E-state index is 5.76. The first-order valence-corrected chi connectivity index (χ1v) is 6.57. The highest BCUT2D eigenvalue weighted by Gasteiger charge is 2.23. The van der Waals surface area contributed by atoms with Crippen molar-refractivity contribution in [2.75, 3.05) is 31.6 Å². The van der Waals surface area contributed by atoms with Crippen molar-refractivity contribution in [1.82, 2.24) is 9.88 Å². The minimum absolute atomic E-state index is 0.513. The van der Waals surface area contributed by atoms with Crippen LogP contribution in [0.3, 0.4) is 0 Å². The van der Waals surface area contributed by atoms with Crippen molar-refractivity contribution >= 4 is 28.1 Å². The summed E-state index contributed by atoms with van der Waals surface area (Å²) in [6.07, 6.45) is 0. The summed E-state index contributed by atoms with van der Waals surface area (Å²) in [5.41, 5.74) is 0.989. The average molecular weight is 246 g/mol. The van der Waals surface area contributed by atoms with Crippen LogP contribution in [0.4, 0.5) is 5.13 Å². The highest BCUT2D eigenvalue weighted by Crippen LogP contribution is 2.24. The molecule has 1 aliphatic heterocycles. The highest BCUT2D eigenvalue weighted by molar-refractivity contribution is 7.13. The van der Waals surface area contributed by atoms with Crippen molar-refractivity contribution in [1.29, 1.82) is 0 Å². The van der Waals surface area contributed by atoms with Crippen molar-refractivity contribution in [3.05, 3.63) is 11.1 Å². The third kappa shape index (κ3) is 2.44. The summed E-state index contributed by atoms with van der Waals surface area (Å²) in [5.74, 6) is 0.513. The molecule has 0 aliphatic carbocycles. The van der Waals surface area contributed by atoms with E-state index in [0.29, 0.717) is 11.9 Å². The minimum Gasteiger partial charge on any atom is -0.343 e. The Kier molecular flexibility index (Phi) is 3.49. The molecule has 0 spiro atoms. The Labute approximate surface area is 99.7 Å². The van der Waals surface area contributed by atoms with Gasteiger partial charge < -0.3 is 9.80 Å². The zero-order valence-electron chi connectivity index (χ0n) is 9.11. The Morgan fingerprint density at radius 3 is 3.00 bits per heavy atom. The van der Waals surface area contributed by atoms with Crippen LogP contribution in [0.25, 0.3) is 0 Å². The van der Waals surface area contributed by atoms with E-state index in [9.17, 15) is 0 Å². The number of anilines is 1. The number of halogens is 1. The summed E-state index contributed by atoms with van der Waals surface area (Å²) in [4.78, 5) is 9.26. The van der Waals surface area contributed by atoms with Crippen LogP contribution in [-0.4, -0.2) is 42.6 Å². The van der Waals surface area contributed by atoms with Gasteiger partial charge in [0.1, 0.15) is 0 Å². The van der Waals surface area contributed by atoms with E-state index >= 15 is 0 Å². The molecule has 1 aliphatic rings. The lowest BCUT2D eigenvalue weighted by Gasteiger charge is -2.38. The van der Waals surface area contributed by atoms with E-state index in [4.69, 9.17) is 11.6 Å². The van der Waals surface area contributed by atoms with Crippen LogP contribution in [0.5, 0.6) is 0 Å². The lowest BCUT2D eigenvalue weighted by atomic mass is 10.2. The minimum atomic E-state index is 0.513. The number of nitrogens with zero attached hydrogens (tertiary/aromatic N) is 3. The molecule has 1 atom stereocenters. The van der Waals surface area contributed by atoms with Gasteiger partial charge in [0.15, 0.2) is 5.13 Å². The molecule has 0 saturated carbocycles. The van der Waals surface area contributed by atoms with Crippen LogP contribution in [0, 0.1) is 0 Å². The molecule has 0 N–H and O–H groups in total. The van der Waals surface area contributed by atoms with Gasteiger partial charge in [-0.1, -0.05) is 0 Å². The van der Waals surface area contributed by atoms with Crippen LogP contribution in [-0.2, 0) is 5.88 Å². The van der Waals surface area contributed by atoms with Crippen molar-refractivity contribution in [2.24, 2.45) is 0 Å². The smallest absolute Gasteiger partial charge is 0.185 e. The second-order valence-electron chi connectivity index (χ2n) is 4.06. The SMILES string of the molecule is CC1CN(C)CCN1c1nc(CCl)cs1. The van der Waals surface area contributed by atoms with Gasteiger partial charge >= 0.3 is 0 Å². The molecule has 2 rings (SSSR count). The molecule has 1 fully saturated rings. The highest BCUT2D eigenvalue weighted by atomic mass is 35.5. The van der Waals surface area contributed by atoms with Crippen LogP contribution >= 0.6 is 22.9 Å². The maximum atomic E-state index is 5.76. The molecule has 3 nitrogen and oxygen atoms in total. The molecular weight excluding hydrogens is 230 g/mol. The largest absolute Gasteiger partial charge is 0.343 e. The molecule has 1 aromatic heterocycles. The van der Waals surface area contributed by atoms with Crippen molar-refractivity contribution in [2.45, 2.75) is 18.8 Å². The number of likely N-dealkylation sites (N-methyl/N-ethyl adjacent to an activating group) is 1. The topological polar surface area (TPSA) is 19.4 Å². The zero-order valence-corrected chi connectivity index (χ0v) is 10.7. The number of alkyl halides is 1. The molecule has 0 amide bonds. The lowest BCUT2D eigenvalue weighted by molar-refractivity contribution is 0.275. The zero-order chi connectivity index (χ0) is 10.8. The van der Waals surface area contributed by atoms with E-state index in [1.807, 2.05) is 5.38 Å². The van der Waals surface area contributed by atoms with Gasteiger partial charge in [0.2, 0.25) is 0 Å². The first-order chi connectivity index (χ1) is 7.20. The van der Waals surface area contributed by atoms with E-state index < -0.39 is 0 Å². The van der Waals surface area contributed by atoms with Gasteiger partial charge in [-0.2, -0.15) is 0 Å². The monoisotopic (exact) mass is 245 g/mol. The molecule has 15 heavy (non-hydrogen) atoms. The number of aromatic nitrogens is 1. The molecule has 1 aromatic rings. The van der Waals surface area contributed by atoms with Crippen LogP contribution in [0.15, 0.2) is 5.38 Å². The molecule has 2 heterocycles. The first kappa shape index (κ1) is 11.2. The summed E-state index contributed by atoms with van der Waals surface area (Å²) < 4.78 is 0. The van der Waals surface area contributed by atoms with Gasteiger partial charge in [0.05, 0.1) is 11.6 Å². The Hall–Kier alpha value is -0.320. The Bertz CT molecular complexity index is 328. The molecule has 0 radical (unpaired) electrons. The van der Waals surface area contributed by atoms with Crippen LogP contribution < -0.4 is 4.90 Å². The molecule has 84 valence electrons. The molecule has 1 saturated heterocycles. The number of hydrogen-bond donors (Lipinski definition) is 0. The van der Waals surface area contributed by atoms with Gasteiger partial charge in [-0.15, -0.1) is 22.9 Å². The lowest BCUT2D eigenvalue weighted by Crippen LogP contribution is -2.50. The standard InChI is InChI=1S/C10H16ClN3S/c1-8-6-13(2)3-4-14(8)10-12-9(5-11)7-15-10/h7-8H,3-6H2,1-2H3. The number of rotatable bonds is 2. The van der Waals surface area contributed by atoms with Gasteiger partial charge in [-0.3, -0.25) is 0 Å². The third-order valence-corrected chi connectivity index (χ3v) is 3.95. The Morgan fingerprint density at radius 2 is 2.40 bits per heavy atom. The second-order valence-corrected chi connectivity index (χ2v) is 5.16. The molecular formula is C10H16ClN3S. The summed E-state index contributed by atoms with van der Waals surface area (Å²) in [6.45, 7) is 5.53. The molecule has 1 unspecified atom stereocenters. The van der Waals surface area contributed by atoms with Gasteiger partial charge in [0.25, 0.3) is 0 Å². The number of thiazole rings is 1. The summed E-state index contributed by atoms with van der Waals surface area (Å²) >= 11 is 7.45. The Balaban J connectivity index is 2.09. The van der Waals surface area contributed by atoms with E-state index in [-0.39, 0.29) is 0 Å². The first-order valence-electron chi connectivity index (χ1n) is 5.16. The average Bonchev–Trinajstić information content (AvgIpc) is 2.66. The summed E-state index contributed by atoms with van der Waals surface area (Å²) in [7, 11) is 2.17. The van der Waals surface area contributed by atoms with Crippen molar-refractivity contribution < 1.29 is 0 Å². The van der Waals surface area contributed by atoms with E-state index in [0.717, 1.165) is 30.5 Å². The predicted octanol–water partition coefficient (Wildman–Crippen LogP) is 2.02. The predicted molar refractivity (Wildman–Crippen MR) is 66.0 cm³/mol. The van der Waals surface area contributed by atoms with E-state index in [1.165, 1.54) is 0 Å². The van der Waals surface area contributed by atoms with Gasteiger partial charge in [0, 0.05) is 31.1 Å². The fourth-order valence-electron chi connectivity index (χ4n) is 1.91. The maximum Gasteiger partial charge on any atom is 0.185 e. The number of piperazine rings is 1. The van der Waals surface area contributed by atoms with Crippen molar-refractivity contribution in [3.63, 3.8) is 0 Å². The van der Waals surface area contributed by atoms with Crippen LogP contribution in [0.1, 0.15) is 12.6 Å². The van der Waals surface area contributed by atoms with E-state index in [1.54, 1.807) is 11.3 Å². The van der Waals surface area contributed by atoms with Crippen LogP contribution in [0.2, 0.25) is 0 Å². The normalized spacial score (nSPS) is 23.4.